The number of likely N-dealkylation sites (tertiary alicyclic amines) is 1. The topological polar surface area (TPSA) is 296 Å². The number of amides is 6. The minimum absolute atomic E-state index is 0.0399. The molecule has 18 nitrogen and oxygen atoms in total. The highest BCUT2D eigenvalue weighted by Gasteiger charge is 2.39. The third-order valence-corrected chi connectivity index (χ3v) is 8.77. The molecule has 1 aliphatic heterocycles. The Morgan fingerprint density at radius 1 is 0.804 bits per heavy atom. The number of rotatable bonds is 21. The van der Waals surface area contributed by atoms with Gasteiger partial charge in [0.15, 0.2) is 0 Å². The molecule has 0 saturated carbocycles. The third-order valence-electron chi connectivity index (χ3n) is 8.04. The van der Waals surface area contributed by atoms with Gasteiger partial charge in [-0.1, -0.05) is 12.1 Å². The molecular weight excluding hydrogens is 709 g/mol. The lowest BCUT2D eigenvalue weighted by Gasteiger charge is -2.29. The number of carboxylic acids is 1. The standard InChI is InChI=1S/C31H48N8O10S2/c32-10-2-1-4-19(26(43)38-23(16-51)31(48)49)35-27(44)20(12-17-6-8-18(41)9-7-17)36-28(45)22(15-50)37-29(46)24-5-3-11-39(24)30(47)21(14-40)34-25(42)13-33/h6-9,19-24,40-41,50-51H,1-5,10-16,32-33H2,(H,34,42)(H,35,44)(H,36,45)(H,37,46)(H,38,43)(H,48,49)/t19-,20-,21-,22-,23-,24-/m0/s1. The van der Waals surface area contributed by atoms with Gasteiger partial charge < -0.3 is 58.3 Å². The maximum atomic E-state index is 13.7. The van der Waals surface area contributed by atoms with E-state index in [0.29, 0.717) is 31.4 Å². The first kappa shape index (κ1) is 43.1. The highest BCUT2D eigenvalue weighted by atomic mass is 32.1. The fraction of sp³-hybridized carbons (Fsp3) is 0.581. The molecule has 1 aromatic carbocycles. The molecule has 0 unspecified atom stereocenters. The van der Waals surface area contributed by atoms with Gasteiger partial charge in [0, 0.05) is 24.5 Å². The number of aliphatic carboxylic acids is 1. The number of unbranched alkanes of at least 4 members (excludes halogenated alkanes) is 1. The molecule has 1 heterocycles. The van der Waals surface area contributed by atoms with Crippen molar-refractivity contribution in [2.75, 3.05) is 37.7 Å². The number of phenolic OH excluding ortho intramolecular Hbond substituents is 1. The number of carbonyl (C=O) groups excluding carboxylic acids is 6. The van der Waals surface area contributed by atoms with Gasteiger partial charge in [0.2, 0.25) is 35.4 Å². The Bertz CT molecular complexity index is 1370. The number of hydrogen-bond donors (Lipinski definition) is 12. The van der Waals surface area contributed by atoms with E-state index in [2.05, 4.69) is 51.8 Å². The Kier molecular flexibility index (Phi) is 18.5. The summed E-state index contributed by atoms with van der Waals surface area (Å²) in [4.78, 5) is 91.3. The minimum atomic E-state index is -1.33. The summed E-state index contributed by atoms with van der Waals surface area (Å²) >= 11 is 8.17. The number of phenols is 1. The van der Waals surface area contributed by atoms with Crippen LogP contribution in [0.1, 0.15) is 37.7 Å². The number of nitrogens with zero attached hydrogens (tertiary/aromatic N) is 1. The maximum Gasteiger partial charge on any atom is 0.327 e. The number of carboxylic acid groups (broad SMARTS) is 1. The number of thiol groups is 2. The molecule has 1 aliphatic rings. The van der Waals surface area contributed by atoms with Crippen LogP contribution in [0.15, 0.2) is 24.3 Å². The van der Waals surface area contributed by atoms with Crippen LogP contribution in [0.25, 0.3) is 0 Å². The van der Waals surface area contributed by atoms with Crippen LogP contribution in [0.2, 0.25) is 0 Å². The lowest BCUT2D eigenvalue weighted by atomic mass is 10.0. The van der Waals surface area contributed by atoms with Gasteiger partial charge in [-0.3, -0.25) is 28.8 Å². The summed E-state index contributed by atoms with van der Waals surface area (Å²) in [5.41, 5.74) is 11.4. The van der Waals surface area contributed by atoms with Crippen molar-refractivity contribution in [1.29, 1.82) is 0 Å². The molecule has 1 saturated heterocycles. The second-order valence-electron chi connectivity index (χ2n) is 11.8. The van der Waals surface area contributed by atoms with Crippen LogP contribution in [0.4, 0.5) is 0 Å². The first-order chi connectivity index (χ1) is 24.3. The van der Waals surface area contributed by atoms with Crippen molar-refractivity contribution in [1.82, 2.24) is 31.5 Å². The number of nitrogens with one attached hydrogen (secondary N) is 5. The van der Waals surface area contributed by atoms with Crippen molar-refractivity contribution in [2.45, 2.75) is 74.8 Å². The van der Waals surface area contributed by atoms with E-state index in [1.165, 1.54) is 29.2 Å². The van der Waals surface area contributed by atoms with E-state index >= 15 is 0 Å². The second-order valence-corrected chi connectivity index (χ2v) is 12.5. The lowest BCUT2D eigenvalue weighted by Crippen LogP contribution is -2.60. The molecule has 20 heteroatoms. The summed E-state index contributed by atoms with van der Waals surface area (Å²) in [6, 6.07) is -1.70. The normalized spacial score (nSPS) is 16.9. The predicted molar refractivity (Wildman–Crippen MR) is 191 cm³/mol. The SMILES string of the molecule is NCCCC[C@H](NC(=O)[C@H](Cc1ccc(O)cc1)NC(=O)[C@H](CS)NC(=O)[C@@H]1CCCN1C(=O)[C@H](CO)NC(=O)CN)C(=O)N[C@@H](CS)C(=O)O. The average molecular weight is 757 g/mol. The largest absolute Gasteiger partial charge is 0.508 e. The molecule has 2 rings (SSSR count). The lowest BCUT2D eigenvalue weighted by molar-refractivity contribution is -0.142. The second kappa shape index (κ2) is 22.0. The summed E-state index contributed by atoms with van der Waals surface area (Å²) in [5, 5.41) is 41.2. The first-order valence-corrected chi connectivity index (χ1v) is 17.6. The first-order valence-electron chi connectivity index (χ1n) is 16.3. The van der Waals surface area contributed by atoms with E-state index in [-0.39, 0.29) is 43.1 Å². The minimum Gasteiger partial charge on any atom is -0.508 e. The molecule has 6 amide bonds. The molecular formula is C31H48N8O10S2. The fourth-order valence-electron chi connectivity index (χ4n) is 5.25. The monoisotopic (exact) mass is 756 g/mol. The van der Waals surface area contributed by atoms with Crippen molar-refractivity contribution in [3.63, 3.8) is 0 Å². The van der Waals surface area contributed by atoms with Gasteiger partial charge in [-0.2, -0.15) is 25.3 Å². The molecule has 0 aromatic heterocycles. The molecule has 6 atom stereocenters. The zero-order chi connectivity index (χ0) is 38.1. The molecule has 12 N–H and O–H groups in total. The molecule has 284 valence electrons. The van der Waals surface area contributed by atoms with Crippen LogP contribution in [-0.4, -0.2) is 136 Å². The fourth-order valence-corrected chi connectivity index (χ4v) is 5.75. The Morgan fingerprint density at radius 3 is 1.96 bits per heavy atom. The number of aliphatic hydroxyl groups is 1. The van der Waals surface area contributed by atoms with E-state index in [9.17, 15) is 48.9 Å². The van der Waals surface area contributed by atoms with Crippen LogP contribution in [0, 0.1) is 0 Å². The van der Waals surface area contributed by atoms with Crippen molar-refractivity contribution < 1.29 is 48.9 Å². The average Bonchev–Trinajstić information content (AvgIpc) is 3.61. The van der Waals surface area contributed by atoms with E-state index in [1.807, 2.05) is 0 Å². The van der Waals surface area contributed by atoms with Crippen LogP contribution >= 0.6 is 25.3 Å². The summed E-state index contributed by atoms with van der Waals surface area (Å²) in [5.74, 6) is -6.27. The molecule has 1 aromatic rings. The Labute approximate surface area is 306 Å². The Morgan fingerprint density at radius 2 is 1.39 bits per heavy atom. The van der Waals surface area contributed by atoms with E-state index < -0.39 is 90.8 Å². The summed E-state index contributed by atoms with van der Waals surface area (Å²) in [7, 11) is 0. The highest BCUT2D eigenvalue weighted by Crippen LogP contribution is 2.19. The molecule has 0 radical (unpaired) electrons. The zero-order valence-electron chi connectivity index (χ0n) is 28.0. The Hall–Kier alpha value is -4.11. The quantitative estimate of drug-likeness (QED) is 0.0428. The highest BCUT2D eigenvalue weighted by molar-refractivity contribution is 7.80. The molecule has 51 heavy (non-hydrogen) atoms. The van der Waals surface area contributed by atoms with Crippen LogP contribution in [0.5, 0.6) is 5.75 Å². The number of aliphatic hydroxyl groups excluding tert-OH is 1. The van der Waals surface area contributed by atoms with Gasteiger partial charge in [-0.15, -0.1) is 0 Å². The van der Waals surface area contributed by atoms with E-state index in [0.717, 1.165) is 0 Å². The smallest absolute Gasteiger partial charge is 0.327 e. The van der Waals surface area contributed by atoms with Gasteiger partial charge in [0.1, 0.15) is 42.0 Å². The van der Waals surface area contributed by atoms with Gasteiger partial charge >= 0.3 is 5.97 Å². The van der Waals surface area contributed by atoms with Gasteiger partial charge in [-0.25, -0.2) is 4.79 Å². The summed E-state index contributed by atoms with van der Waals surface area (Å²) < 4.78 is 0. The Balaban J connectivity index is 2.27. The van der Waals surface area contributed by atoms with Crippen LogP contribution < -0.4 is 38.1 Å². The van der Waals surface area contributed by atoms with E-state index in [1.54, 1.807) is 0 Å². The van der Waals surface area contributed by atoms with Gasteiger partial charge in [0.25, 0.3) is 0 Å². The molecule has 0 aliphatic carbocycles. The number of nitrogens with two attached hydrogens (primary N) is 2. The number of carbonyl (C=O) groups is 7. The van der Waals surface area contributed by atoms with Crippen LogP contribution in [-0.2, 0) is 40.0 Å². The van der Waals surface area contributed by atoms with Gasteiger partial charge in [-0.05, 0) is 56.3 Å². The molecule has 0 bridgehead atoms. The van der Waals surface area contributed by atoms with Crippen molar-refractivity contribution in [3.05, 3.63) is 29.8 Å². The number of aromatic hydroxyl groups is 1. The predicted octanol–water partition coefficient (Wildman–Crippen LogP) is -3.63. The van der Waals surface area contributed by atoms with Crippen LogP contribution in [0.3, 0.4) is 0 Å². The molecule has 1 fully saturated rings. The maximum absolute atomic E-state index is 13.7. The zero-order valence-corrected chi connectivity index (χ0v) is 29.7. The summed E-state index contributed by atoms with van der Waals surface area (Å²) in [6.07, 6.45) is 1.58. The summed E-state index contributed by atoms with van der Waals surface area (Å²) in [6.45, 7) is -0.680. The van der Waals surface area contributed by atoms with Crippen molar-refractivity contribution in [3.8, 4) is 5.75 Å². The van der Waals surface area contributed by atoms with Crippen molar-refractivity contribution >= 4 is 66.7 Å². The number of benzene rings is 1. The number of hydrogen-bond acceptors (Lipinski definition) is 13. The third kappa shape index (κ3) is 13.5. The van der Waals surface area contributed by atoms with Gasteiger partial charge in [0.05, 0.1) is 13.2 Å². The van der Waals surface area contributed by atoms with Crippen molar-refractivity contribution in [2.24, 2.45) is 11.5 Å². The van der Waals surface area contributed by atoms with E-state index in [4.69, 9.17) is 11.5 Å². The molecule has 0 spiro atoms.